The predicted octanol–water partition coefficient (Wildman–Crippen LogP) is 6.15. The van der Waals surface area contributed by atoms with Gasteiger partial charge < -0.3 is 9.15 Å². The number of aromatic nitrogens is 1. The number of nitrogens with zero attached hydrogens (tertiary/aromatic N) is 3. The first-order valence-electron chi connectivity index (χ1n) is 13.2. The third-order valence-corrected chi connectivity index (χ3v) is 8.94. The summed E-state index contributed by atoms with van der Waals surface area (Å²) in [5.41, 5.74) is 5.34. The summed E-state index contributed by atoms with van der Waals surface area (Å²) in [4.78, 5) is 30.5. The Labute approximate surface area is 248 Å². The Balaban J connectivity index is 1.39. The van der Waals surface area contributed by atoms with Crippen LogP contribution in [0.2, 0.25) is 5.02 Å². The summed E-state index contributed by atoms with van der Waals surface area (Å²) in [6, 6.07) is 23.6. The molecule has 0 saturated carbocycles. The van der Waals surface area contributed by atoms with Gasteiger partial charge >= 0.3 is 0 Å². The number of nitro benzene ring substituents is 1. The molecule has 8 nitrogen and oxygen atoms in total. The van der Waals surface area contributed by atoms with E-state index in [2.05, 4.69) is 12.1 Å². The van der Waals surface area contributed by atoms with Crippen LogP contribution in [-0.4, -0.2) is 16.6 Å². The Bertz CT molecular complexity index is 2120. The number of thiazole rings is 1. The van der Waals surface area contributed by atoms with E-state index in [0.717, 1.165) is 35.2 Å². The smallest absolute Gasteiger partial charge is 0.288 e. The molecule has 10 heteroatoms. The van der Waals surface area contributed by atoms with Crippen LogP contribution in [0, 0.1) is 10.1 Å². The summed E-state index contributed by atoms with van der Waals surface area (Å²) < 4.78 is 14.0. The van der Waals surface area contributed by atoms with Crippen LogP contribution in [0.3, 0.4) is 0 Å². The molecule has 0 amide bonds. The fourth-order valence-electron chi connectivity index (χ4n) is 5.71. The number of nitro groups is 1. The van der Waals surface area contributed by atoms with Gasteiger partial charge in [-0.1, -0.05) is 65.4 Å². The summed E-state index contributed by atoms with van der Waals surface area (Å²) in [6.07, 6.45) is 3.32. The molecule has 2 aromatic heterocycles. The van der Waals surface area contributed by atoms with Crippen LogP contribution in [0.25, 0.3) is 23.1 Å². The number of furan rings is 1. The standard InChI is InChI=1S/C32H22ClN3O5S/c1-40-27-9-5-4-8-22(27)30-23-13-10-18-6-2-3-7-21(18)29(23)34-32-35(30)31(37)28(42-32)17-20-12-15-26(41-20)19-11-14-24(33)25(16-19)36(38)39/h2-9,11-12,14-17,30H,10,13H2,1H3/b28-17+/t30-/m0/s1. The highest BCUT2D eigenvalue weighted by Gasteiger charge is 2.34. The van der Waals surface area contributed by atoms with Gasteiger partial charge in [0, 0.05) is 28.8 Å². The van der Waals surface area contributed by atoms with Gasteiger partial charge in [-0.2, -0.15) is 0 Å². The summed E-state index contributed by atoms with van der Waals surface area (Å²) in [6.45, 7) is 0. The van der Waals surface area contributed by atoms with Crippen molar-refractivity contribution in [2.24, 2.45) is 4.99 Å². The van der Waals surface area contributed by atoms with E-state index >= 15 is 0 Å². The number of methoxy groups -OCH3 is 1. The number of aryl methyl sites for hydroxylation is 1. The molecule has 7 rings (SSSR count). The van der Waals surface area contributed by atoms with E-state index in [4.69, 9.17) is 25.7 Å². The van der Waals surface area contributed by atoms with Crippen LogP contribution in [-0.2, 0) is 6.42 Å². The van der Waals surface area contributed by atoms with Crippen LogP contribution in [0.5, 0.6) is 5.75 Å². The maximum absolute atomic E-state index is 14.0. The third kappa shape index (κ3) is 4.29. The molecule has 5 aromatic rings. The molecule has 0 spiro atoms. The molecule has 2 aliphatic rings. The summed E-state index contributed by atoms with van der Waals surface area (Å²) >= 11 is 7.27. The number of fused-ring (bicyclic) bond motifs is 3. The van der Waals surface area contributed by atoms with Gasteiger partial charge in [0.05, 0.1) is 28.3 Å². The predicted molar refractivity (Wildman–Crippen MR) is 162 cm³/mol. The van der Waals surface area contributed by atoms with Crippen molar-refractivity contribution in [1.29, 1.82) is 0 Å². The Morgan fingerprint density at radius 3 is 2.74 bits per heavy atom. The molecule has 1 aliphatic carbocycles. The molecule has 1 aliphatic heterocycles. The van der Waals surface area contributed by atoms with Gasteiger partial charge in [0.15, 0.2) is 4.80 Å². The molecule has 0 N–H and O–H groups in total. The number of para-hydroxylation sites is 1. The zero-order chi connectivity index (χ0) is 29.0. The highest BCUT2D eigenvalue weighted by molar-refractivity contribution is 7.07. The van der Waals surface area contributed by atoms with Crippen molar-refractivity contribution < 1.29 is 14.1 Å². The number of halogens is 1. The van der Waals surface area contributed by atoms with Crippen molar-refractivity contribution in [2.75, 3.05) is 7.11 Å². The number of benzene rings is 3. The van der Waals surface area contributed by atoms with E-state index in [1.807, 2.05) is 36.4 Å². The van der Waals surface area contributed by atoms with Gasteiger partial charge in [-0.3, -0.25) is 19.5 Å². The fraction of sp³-hybridized carbons (Fsp3) is 0.125. The molecule has 0 bridgehead atoms. The summed E-state index contributed by atoms with van der Waals surface area (Å²) in [5, 5.41) is 11.4. The van der Waals surface area contributed by atoms with Gasteiger partial charge in [0.2, 0.25) is 0 Å². The van der Waals surface area contributed by atoms with Gasteiger partial charge in [0.1, 0.15) is 22.3 Å². The fourth-order valence-corrected chi connectivity index (χ4v) is 6.88. The SMILES string of the molecule is COc1ccccc1[C@H]1C2=C(N=c3s/c(=C/c4ccc(-c5ccc(Cl)c([N+](=O)[O-])c5)o4)c(=O)n31)c1ccccc1CC2. The Kier molecular flexibility index (Phi) is 6.41. The lowest BCUT2D eigenvalue weighted by molar-refractivity contribution is -0.384. The number of hydrogen-bond donors (Lipinski definition) is 0. The molecule has 0 radical (unpaired) electrons. The van der Waals surface area contributed by atoms with E-state index in [0.29, 0.717) is 32.2 Å². The van der Waals surface area contributed by atoms with Gasteiger partial charge in [-0.05, 0) is 54.3 Å². The minimum Gasteiger partial charge on any atom is -0.496 e. The average molecular weight is 596 g/mol. The Morgan fingerprint density at radius 2 is 1.90 bits per heavy atom. The summed E-state index contributed by atoms with van der Waals surface area (Å²) in [7, 11) is 1.64. The summed E-state index contributed by atoms with van der Waals surface area (Å²) in [5.74, 6) is 1.57. The third-order valence-electron chi connectivity index (χ3n) is 7.63. The maximum atomic E-state index is 14.0. The normalized spacial score (nSPS) is 16.0. The monoisotopic (exact) mass is 595 g/mol. The molecule has 0 saturated heterocycles. The minimum atomic E-state index is -0.535. The molecule has 3 heterocycles. The first-order chi connectivity index (χ1) is 20.4. The van der Waals surface area contributed by atoms with Crippen LogP contribution in [0.15, 0.2) is 98.6 Å². The van der Waals surface area contributed by atoms with Crippen LogP contribution in [0.4, 0.5) is 5.69 Å². The average Bonchev–Trinajstić information content (AvgIpc) is 3.60. The molecular weight excluding hydrogens is 574 g/mol. The zero-order valence-electron chi connectivity index (χ0n) is 22.2. The van der Waals surface area contributed by atoms with E-state index in [1.54, 1.807) is 36.0 Å². The lowest BCUT2D eigenvalue weighted by Gasteiger charge is -2.31. The number of allylic oxidation sites excluding steroid dienone is 1. The molecule has 0 unspecified atom stereocenters. The van der Waals surface area contributed by atoms with Crippen molar-refractivity contribution in [1.82, 2.24) is 4.57 Å². The van der Waals surface area contributed by atoms with Crippen molar-refractivity contribution in [3.63, 3.8) is 0 Å². The highest BCUT2D eigenvalue weighted by atomic mass is 35.5. The van der Waals surface area contributed by atoms with Gasteiger partial charge in [-0.15, -0.1) is 0 Å². The van der Waals surface area contributed by atoms with Crippen LogP contribution in [0.1, 0.15) is 34.9 Å². The number of ether oxygens (including phenoxy) is 1. The highest BCUT2D eigenvalue weighted by Crippen LogP contribution is 2.43. The van der Waals surface area contributed by atoms with Gasteiger partial charge in [0.25, 0.3) is 11.2 Å². The second kappa shape index (κ2) is 10.3. The minimum absolute atomic E-state index is 0.0477. The van der Waals surface area contributed by atoms with Crippen molar-refractivity contribution >= 4 is 40.4 Å². The van der Waals surface area contributed by atoms with E-state index in [1.165, 1.54) is 29.0 Å². The molecule has 208 valence electrons. The van der Waals surface area contributed by atoms with E-state index < -0.39 is 4.92 Å². The number of rotatable bonds is 5. The maximum Gasteiger partial charge on any atom is 0.288 e. The second-order valence-corrected chi connectivity index (χ2v) is 11.4. The lowest BCUT2D eigenvalue weighted by Crippen LogP contribution is -2.38. The molecule has 0 fully saturated rings. The zero-order valence-corrected chi connectivity index (χ0v) is 23.8. The van der Waals surface area contributed by atoms with Gasteiger partial charge in [-0.25, -0.2) is 4.99 Å². The number of hydrogen-bond acceptors (Lipinski definition) is 7. The molecular formula is C32H22ClN3O5S. The first-order valence-corrected chi connectivity index (χ1v) is 14.4. The lowest BCUT2D eigenvalue weighted by atomic mass is 9.83. The van der Waals surface area contributed by atoms with Crippen molar-refractivity contribution in [3.05, 3.63) is 142 Å². The topological polar surface area (TPSA) is 99.9 Å². The molecule has 3 aromatic carbocycles. The largest absolute Gasteiger partial charge is 0.496 e. The van der Waals surface area contributed by atoms with E-state index in [-0.39, 0.29) is 22.3 Å². The van der Waals surface area contributed by atoms with Crippen LogP contribution < -0.4 is 19.6 Å². The molecule has 1 atom stereocenters. The van der Waals surface area contributed by atoms with Crippen molar-refractivity contribution in [3.8, 4) is 17.1 Å². The molecule has 42 heavy (non-hydrogen) atoms. The Morgan fingerprint density at radius 1 is 1.10 bits per heavy atom. The second-order valence-electron chi connectivity index (χ2n) is 9.98. The quantitative estimate of drug-likeness (QED) is 0.179. The van der Waals surface area contributed by atoms with Crippen LogP contribution >= 0.6 is 22.9 Å². The Hall–Kier alpha value is -4.73. The van der Waals surface area contributed by atoms with Crippen molar-refractivity contribution in [2.45, 2.75) is 18.9 Å². The first kappa shape index (κ1) is 26.2. The van der Waals surface area contributed by atoms with E-state index in [9.17, 15) is 14.9 Å².